The van der Waals surface area contributed by atoms with Gasteiger partial charge in [-0.15, -0.1) is 0 Å². The van der Waals surface area contributed by atoms with Gasteiger partial charge in [0.05, 0.1) is 0 Å². The van der Waals surface area contributed by atoms with Gasteiger partial charge in [0.15, 0.2) is 0 Å². The molecule has 0 saturated carbocycles. The van der Waals surface area contributed by atoms with E-state index in [9.17, 15) is 0 Å². The molecule has 20 heavy (non-hydrogen) atoms. The highest BCUT2D eigenvalue weighted by Crippen LogP contribution is 1.91. The maximum atomic E-state index is 5.22. The summed E-state index contributed by atoms with van der Waals surface area (Å²) in [7, 11) is -3.47. The second kappa shape index (κ2) is 19.2. The lowest BCUT2D eigenvalue weighted by Crippen LogP contribution is -2.27. The molecule has 8 heteroatoms. The molecule has 0 fully saturated rings. The predicted octanol–water partition coefficient (Wildman–Crippen LogP) is 1.63. The standard InChI is InChI=1S/2C6H16O3Si/c2*1-4-7-10(8-5-2)9-6-3/h2*10H,4-6H2,1-3H3. The third-order valence-corrected chi connectivity index (χ3v) is 5.45. The molecule has 6 nitrogen and oxygen atoms in total. The van der Waals surface area contributed by atoms with E-state index in [-0.39, 0.29) is 0 Å². The van der Waals surface area contributed by atoms with Crippen LogP contribution in [0.1, 0.15) is 41.5 Å². The Balaban J connectivity index is 0. The summed E-state index contributed by atoms with van der Waals surface area (Å²) >= 11 is 0. The van der Waals surface area contributed by atoms with Crippen molar-refractivity contribution >= 4 is 19.1 Å². The average Bonchev–Trinajstić information content (AvgIpc) is 2.41. The van der Waals surface area contributed by atoms with Crippen molar-refractivity contribution in [2.45, 2.75) is 41.5 Å². The molecule has 0 N–H and O–H groups in total. The topological polar surface area (TPSA) is 55.4 Å². The Morgan fingerprint density at radius 3 is 0.650 bits per heavy atom. The summed E-state index contributed by atoms with van der Waals surface area (Å²) in [4.78, 5) is 0. The number of hydrogen-bond acceptors (Lipinski definition) is 6. The molecule has 0 aromatic carbocycles. The third kappa shape index (κ3) is 16.2. The molecule has 124 valence electrons. The van der Waals surface area contributed by atoms with Gasteiger partial charge in [-0.1, -0.05) is 0 Å². The summed E-state index contributed by atoms with van der Waals surface area (Å²) in [5.41, 5.74) is 0. The van der Waals surface area contributed by atoms with Gasteiger partial charge in [-0.2, -0.15) is 0 Å². The van der Waals surface area contributed by atoms with Gasteiger partial charge in [-0.05, 0) is 41.5 Å². The minimum Gasteiger partial charge on any atom is -0.376 e. The highest BCUT2D eigenvalue weighted by atomic mass is 28.3. The van der Waals surface area contributed by atoms with Crippen LogP contribution in [0, 0.1) is 0 Å². The van der Waals surface area contributed by atoms with Gasteiger partial charge in [-0.3, -0.25) is 0 Å². The van der Waals surface area contributed by atoms with Gasteiger partial charge in [0.1, 0.15) is 0 Å². The SMILES string of the molecule is CCO[SiH](OCC)OCC.CCO[SiH](OCC)OCC. The zero-order valence-corrected chi connectivity index (χ0v) is 16.2. The Morgan fingerprint density at radius 1 is 0.400 bits per heavy atom. The van der Waals surface area contributed by atoms with Gasteiger partial charge in [0.25, 0.3) is 0 Å². The van der Waals surface area contributed by atoms with Crippen LogP contribution < -0.4 is 0 Å². The van der Waals surface area contributed by atoms with Crippen LogP contribution in [0.4, 0.5) is 0 Å². The molecule has 0 atom stereocenters. The smallest absolute Gasteiger partial charge is 0.376 e. The van der Waals surface area contributed by atoms with Crippen LogP contribution in [0.3, 0.4) is 0 Å². The molecule has 0 saturated heterocycles. The van der Waals surface area contributed by atoms with Crippen LogP contribution in [0.2, 0.25) is 0 Å². The van der Waals surface area contributed by atoms with Crippen molar-refractivity contribution in [2.75, 3.05) is 39.6 Å². The Labute approximate surface area is 127 Å². The van der Waals surface area contributed by atoms with Crippen molar-refractivity contribution in [1.29, 1.82) is 0 Å². The van der Waals surface area contributed by atoms with E-state index in [1.165, 1.54) is 0 Å². The fourth-order valence-corrected chi connectivity index (χ4v) is 3.32. The zero-order chi connectivity index (χ0) is 15.6. The van der Waals surface area contributed by atoms with Gasteiger partial charge < -0.3 is 26.6 Å². The summed E-state index contributed by atoms with van der Waals surface area (Å²) in [6, 6.07) is 0. The number of hydrogen-bond donors (Lipinski definition) is 0. The Hall–Kier alpha value is 0.194. The van der Waals surface area contributed by atoms with Gasteiger partial charge >= 0.3 is 19.1 Å². The first-order valence-corrected chi connectivity index (χ1v) is 10.2. The minimum absolute atomic E-state index is 0.677. The molecular formula is C12H32O6Si2. The van der Waals surface area contributed by atoms with Crippen LogP contribution >= 0.6 is 0 Å². The van der Waals surface area contributed by atoms with Crippen molar-refractivity contribution in [3.05, 3.63) is 0 Å². The van der Waals surface area contributed by atoms with E-state index in [0.29, 0.717) is 39.6 Å². The normalized spacial score (nSPS) is 10.8. The monoisotopic (exact) mass is 328 g/mol. The first-order valence-electron chi connectivity index (χ1n) is 7.39. The molecule has 0 bridgehead atoms. The van der Waals surface area contributed by atoms with Gasteiger partial charge in [0.2, 0.25) is 0 Å². The molecule has 0 spiro atoms. The molecule has 0 heterocycles. The van der Waals surface area contributed by atoms with E-state index in [0.717, 1.165) is 0 Å². The van der Waals surface area contributed by atoms with E-state index in [1.54, 1.807) is 0 Å². The second-order valence-corrected chi connectivity index (χ2v) is 6.46. The van der Waals surface area contributed by atoms with Crippen molar-refractivity contribution < 1.29 is 26.6 Å². The first-order chi connectivity index (χ1) is 9.69. The Morgan fingerprint density at radius 2 is 0.550 bits per heavy atom. The van der Waals surface area contributed by atoms with Crippen molar-refractivity contribution in [3.8, 4) is 0 Å². The summed E-state index contributed by atoms with van der Waals surface area (Å²) < 4.78 is 31.3. The van der Waals surface area contributed by atoms with Crippen LogP contribution in [-0.4, -0.2) is 58.7 Å². The molecule has 0 aliphatic rings. The highest BCUT2D eigenvalue weighted by molar-refractivity contribution is 6.36. The first kappa shape index (κ1) is 22.5. The van der Waals surface area contributed by atoms with Crippen LogP contribution in [-0.2, 0) is 26.6 Å². The zero-order valence-electron chi connectivity index (χ0n) is 13.8. The molecule has 0 aromatic rings. The van der Waals surface area contributed by atoms with Crippen molar-refractivity contribution in [2.24, 2.45) is 0 Å². The van der Waals surface area contributed by atoms with Crippen LogP contribution in [0.25, 0.3) is 0 Å². The highest BCUT2D eigenvalue weighted by Gasteiger charge is 2.11. The molecule has 0 amide bonds. The van der Waals surface area contributed by atoms with Gasteiger partial charge in [-0.25, -0.2) is 0 Å². The summed E-state index contributed by atoms with van der Waals surface area (Å²) in [5, 5.41) is 0. The Kier molecular flexibility index (Phi) is 21.6. The summed E-state index contributed by atoms with van der Waals surface area (Å²) in [6.07, 6.45) is 0. The lowest BCUT2D eigenvalue weighted by Gasteiger charge is -2.12. The Bertz CT molecular complexity index is 129. The summed E-state index contributed by atoms with van der Waals surface area (Å²) in [6.45, 7) is 15.7. The molecule has 0 aliphatic carbocycles. The summed E-state index contributed by atoms with van der Waals surface area (Å²) in [5.74, 6) is 0. The number of rotatable bonds is 12. The molecule has 0 unspecified atom stereocenters. The molecule has 0 aliphatic heterocycles. The lowest BCUT2D eigenvalue weighted by atomic mass is 10.9. The largest absolute Gasteiger partial charge is 0.484 e. The fraction of sp³-hybridized carbons (Fsp3) is 1.00. The van der Waals surface area contributed by atoms with E-state index >= 15 is 0 Å². The fourth-order valence-electron chi connectivity index (χ4n) is 1.11. The maximum Gasteiger partial charge on any atom is 0.484 e. The van der Waals surface area contributed by atoms with E-state index in [4.69, 9.17) is 26.6 Å². The van der Waals surface area contributed by atoms with Crippen LogP contribution in [0.5, 0.6) is 0 Å². The lowest BCUT2D eigenvalue weighted by molar-refractivity contribution is 0.106. The molecule has 0 aromatic heterocycles. The maximum absolute atomic E-state index is 5.22. The van der Waals surface area contributed by atoms with Gasteiger partial charge in [0, 0.05) is 39.6 Å². The van der Waals surface area contributed by atoms with E-state index in [2.05, 4.69) is 0 Å². The van der Waals surface area contributed by atoms with Crippen LogP contribution in [0.15, 0.2) is 0 Å². The van der Waals surface area contributed by atoms with Crippen molar-refractivity contribution in [1.82, 2.24) is 0 Å². The van der Waals surface area contributed by atoms with E-state index < -0.39 is 19.1 Å². The minimum atomic E-state index is -1.73. The quantitative estimate of drug-likeness (QED) is 0.508. The average molecular weight is 329 g/mol. The second-order valence-electron chi connectivity index (χ2n) is 3.31. The third-order valence-electron chi connectivity index (χ3n) is 1.82. The van der Waals surface area contributed by atoms with Crippen molar-refractivity contribution in [3.63, 3.8) is 0 Å². The molecule has 0 rings (SSSR count). The molecule has 0 radical (unpaired) electrons. The molecular weight excluding hydrogens is 296 g/mol. The van der Waals surface area contributed by atoms with E-state index in [1.807, 2.05) is 41.5 Å². The predicted molar refractivity (Wildman–Crippen MR) is 84.1 cm³/mol.